The number of aryl methyl sites for hydroxylation is 2. The number of rotatable bonds is 9. The second kappa shape index (κ2) is 12.5. The summed E-state index contributed by atoms with van der Waals surface area (Å²) in [5.74, 6) is -0.0689. The fourth-order valence-electron chi connectivity index (χ4n) is 5.06. The van der Waals surface area contributed by atoms with E-state index in [-0.39, 0.29) is 24.3 Å². The van der Waals surface area contributed by atoms with Gasteiger partial charge in [0.05, 0.1) is 6.42 Å². The molecular formula is C32H38N2O2. The molecule has 0 aromatic heterocycles. The number of amides is 2. The lowest BCUT2D eigenvalue weighted by molar-refractivity contribution is -0.141. The van der Waals surface area contributed by atoms with E-state index in [1.165, 1.54) is 12.0 Å². The molecule has 1 atom stereocenters. The van der Waals surface area contributed by atoms with Crippen LogP contribution in [0, 0.1) is 13.8 Å². The van der Waals surface area contributed by atoms with Crippen LogP contribution in [0.3, 0.4) is 0 Å². The van der Waals surface area contributed by atoms with Gasteiger partial charge in [0.25, 0.3) is 0 Å². The van der Waals surface area contributed by atoms with E-state index in [4.69, 9.17) is 0 Å². The number of benzene rings is 3. The van der Waals surface area contributed by atoms with E-state index in [9.17, 15) is 9.59 Å². The maximum absolute atomic E-state index is 13.9. The zero-order chi connectivity index (χ0) is 25.3. The van der Waals surface area contributed by atoms with Crippen molar-refractivity contribution in [1.82, 2.24) is 10.2 Å². The zero-order valence-corrected chi connectivity index (χ0v) is 21.6. The third-order valence-electron chi connectivity index (χ3n) is 7.30. The first-order valence-corrected chi connectivity index (χ1v) is 13.2. The van der Waals surface area contributed by atoms with E-state index in [0.29, 0.717) is 13.0 Å². The fourth-order valence-corrected chi connectivity index (χ4v) is 5.06. The maximum Gasteiger partial charge on any atom is 0.243 e. The van der Waals surface area contributed by atoms with Crippen molar-refractivity contribution in [1.29, 1.82) is 0 Å². The molecule has 0 saturated heterocycles. The van der Waals surface area contributed by atoms with Gasteiger partial charge in [-0.3, -0.25) is 9.59 Å². The van der Waals surface area contributed by atoms with Crippen LogP contribution < -0.4 is 5.32 Å². The van der Waals surface area contributed by atoms with Crippen LogP contribution in [0.5, 0.6) is 0 Å². The third-order valence-corrected chi connectivity index (χ3v) is 7.30. The van der Waals surface area contributed by atoms with E-state index < -0.39 is 6.04 Å². The molecule has 2 amide bonds. The maximum atomic E-state index is 13.9. The molecule has 0 radical (unpaired) electrons. The van der Waals surface area contributed by atoms with E-state index in [1.807, 2.05) is 66.4 Å². The van der Waals surface area contributed by atoms with E-state index in [2.05, 4.69) is 36.5 Å². The van der Waals surface area contributed by atoms with E-state index in [1.54, 1.807) is 0 Å². The van der Waals surface area contributed by atoms with Crippen molar-refractivity contribution in [3.05, 3.63) is 107 Å². The fraction of sp³-hybridized carbons (Fsp3) is 0.375. The number of nitrogens with one attached hydrogen (secondary N) is 1. The summed E-state index contributed by atoms with van der Waals surface area (Å²) >= 11 is 0. The largest absolute Gasteiger partial charge is 0.352 e. The highest BCUT2D eigenvalue weighted by atomic mass is 16.2. The summed E-state index contributed by atoms with van der Waals surface area (Å²) in [6.07, 6.45) is 6.32. The number of carbonyl (C=O) groups excluding carboxylic acids is 2. The normalized spacial score (nSPS) is 14.7. The molecule has 0 aliphatic heterocycles. The van der Waals surface area contributed by atoms with Crippen LogP contribution >= 0.6 is 0 Å². The van der Waals surface area contributed by atoms with Crippen molar-refractivity contribution < 1.29 is 9.59 Å². The molecule has 4 nitrogen and oxygen atoms in total. The van der Waals surface area contributed by atoms with Crippen LogP contribution in [0.25, 0.3) is 0 Å². The minimum Gasteiger partial charge on any atom is -0.352 e. The van der Waals surface area contributed by atoms with Gasteiger partial charge in [-0.2, -0.15) is 0 Å². The number of hydrogen-bond acceptors (Lipinski definition) is 2. The Kier molecular flexibility index (Phi) is 8.94. The summed E-state index contributed by atoms with van der Waals surface area (Å²) in [5, 5.41) is 3.31. The minimum atomic E-state index is -0.577. The van der Waals surface area contributed by atoms with Gasteiger partial charge in [0.15, 0.2) is 0 Å². The molecule has 3 aromatic carbocycles. The lowest BCUT2D eigenvalue weighted by atomic mass is 9.94. The van der Waals surface area contributed by atoms with Gasteiger partial charge in [-0.25, -0.2) is 0 Å². The van der Waals surface area contributed by atoms with Gasteiger partial charge in [-0.1, -0.05) is 104 Å². The Morgan fingerprint density at radius 1 is 0.833 bits per heavy atom. The minimum absolute atomic E-state index is 0.0235. The van der Waals surface area contributed by atoms with Crippen LogP contribution in [-0.4, -0.2) is 28.8 Å². The molecule has 0 spiro atoms. The molecule has 1 fully saturated rings. The standard InChI is InChI=1S/C32H38N2O2/c1-24-17-19-27(20-18-24)23-34(31(35)22-28-14-10-9-11-25(28)2)30(21-26-12-5-3-6-13-26)32(36)33-29-15-7-4-8-16-29/h3,5-6,9-14,17-20,29-30H,4,7-8,15-16,21-23H2,1-2H3,(H,33,36). The zero-order valence-electron chi connectivity index (χ0n) is 21.6. The molecule has 1 unspecified atom stereocenters. The highest BCUT2D eigenvalue weighted by molar-refractivity contribution is 5.89. The molecule has 3 aromatic rings. The average molecular weight is 483 g/mol. The van der Waals surface area contributed by atoms with Gasteiger partial charge < -0.3 is 10.2 Å². The van der Waals surface area contributed by atoms with E-state index in [0.717, 1.165) is 47.9 Å². The van der Waals surface area contributed by atoms with Crippen molar-refractivity contribution in [3.63, 3.8) is 0 Å². The number of nitrogens with zero attached hydrogens (tertiary/aromatic N) is 1. The summed E-state index contributed by atoms with van der Waals surface area (Å²) in [4.78, 5) is 29.5. The van der Waals surface area contributed by atoms with Crippen LogP contribution in [0.15, 0.2) is 78.9 Å². The summed E-state index contributed by atoms with van der Waals surface area (Å²) in [6.45, 7) is 4.49. The van der Waals surface area contributed by atoms with Gasteiger partial charge >= 0.3 is 0 Å². The molecule has 36 heavy (non-hydrogen) atoms. The second-order valence-electron chi connectivity index (χ2n) is 10.2. The smallest absolute Gasteiger partial charge is 0.243 e. The first kappa shape index (κ1) is 25.7. The molecule has 1 saturated carbocycles. The molecule has 4 rings (SSSR count). The van der Waals surface area contributed by atoms with Crippen LogP contribution in [0.4, 0.5) is 0 Å². The van der Waals surface area contributed by atoms with Gasteiger partial charge in [0, 0.05) is 19.0 Å². The Morgan fingerprint density at radius 2 is 1.50 bits per heavy atom. The molecule has 188 valence electrons. The Morgan fingerprint density at radius 3 is 2.19 bits per heavy atom. The third kappa shape index (κ3) is 7.07. The van der Waals surface area contributed by atoms with Gasteiger partial charge in [-0.15, -0.1) is 0 Å². The first-order chi connectivity index (χ1) is 17.5. The summed E-state index contributed by atoms with van der Waals surface area (Å²) in [6, 6.07) is 25.9. The van der Waals surface area contributed by atoms with Gasteiger partial charge in [0.1, 0.15) is 6.04 Å². The summed E-state index contributed by atoms with van der Waals surface area (Å²) < 4.78 is 0. The first-order valence-electron chi connectivity index (χ1n) is 13.2. The van der Waals surface area contributed by atoms with Crippen molar-refractivity contribution in [2.24, 2.45) is 0 Å². The molecule has 4 heteroatoms. The van der Waals surface area contributed by atoms with Gasteiger partial charge in [0.2, 0.25) is 11.8 Å². The Labute approximate surface area is 215 Å². The monoisotopic (exact) mass is 482 g/mol. The average Bonchev–Trinajstić information content (AvgIpc) is 2.89. The number of hydrogen-bond donors (Lipinski definition) is 1. The van der Waals surface area contributed by atoms with Crippen molar-refractivity contribution in [3.8, 4) is 0 Å². The van der Waals surface area contributed by atoms with Crippen LogP contribution in [0.2, 0.25) is 0 Å². The molecule has 0 bridgehead atoms. The molecular weight excluding hydrogens is 444 g/mol. The second-order valence-corrected chi connectivity index (χ2v) is 10.2. The highest BCUT2D eigenvalue weighted by Crippen LogP contribution is 2.21. The predicted octanol–water partition coefficient (Wildman–Crippen LogP) is 5.93. The quantitative estimate of drug-likeness (QED) is 0.411. The van der Waals surface area contributed by atoms with Crippen LogP contribution in [0.1, 0.15) is 59.9 Å². The lowest BCUT2D eigenvalue weighted by Crippen LogP contribution is -2.53. The molecule has 0 heterocycles. The Bertz CT molecular complexity index is 1130. The number of carbonyl (C=O) groups is 2. The summed E-state index contributed by atoms with van der Waals surface area (Å²) in [5.41, 5.74) is 5.35. The topological polar surface area (TPSA) is 49.4 Å². The van der Waals surface area contributed by atoms with E-state index >= 15 is 0 Å². The van der Waals surface area contributed by atoms with Crippen LogP contribution in [-0.2, 0) is 29.0 Å². The van der Waals surface area contributed by atoms with Gasteiger partial charge in [-0.05, 0) is 48.9 Å². The molecule has 1 N–H and O–H groups in total. The molecule has 1 aliphatic rings. The summed E-state index contributed by atoms with van der Waals surface area (Å²) in [7, 11) is 0. The predicted molar refractivity (Wildman–Crippen MR) is 146 cm³/mol. The van der Waals surface area contributed by atoms with Crippen molar-refractivity contribution in [2.45, 2.75) is 77.4 Å². The van der Waals surface area contributed by atoms with Crippen molar-refractivity contribution >= 4 is 11.8 Å². The lowest BCUT2D eigenvalue weighted by Gasteiger charge is -2.33. The Hall–Kier alpha value is -3.40. The molecule has 1 aliphatic carbocycles. The SMILES string of the molecule is Cc1ccc(CN(C(=O)Cc2ccccc2C)C(Cc2ccccc2)C(=O)NC2CCCCC2)cc1. The Balaban J connectivity index is 1.65. The van der Waals surface area contributed by atoms with Crippen molar-refractivity contribution in [2.75, 3.05) is 0 Å². The highest BCUT2D eigenvalue weighted by Gasteiger charge is 2.32.